The highest BCUT2D eigenvalue weighted by Crippen LogP contribution is 2.34. The summed E-state index contributed by atoms with van der Waals surface area (Å²) in [6.45, 7) is 0. The van der Waals surface area contributed by atoms with E-state index in [9.17, 15) is 4.79 Å². The molecule has 178 valence electrons. The van der Waals surface area contributed by atoms with Gasteiger partial charge in [0, 0.05) is 27.1 Å². The first-order valence-corrected chi connectivity index (χ1v) is 12.6. The maximum Gasteiger partial charge on any atom is 0.264 e. The average Bonchev–Trinajstić information content (AvgIpc) is 3.36. The van der Waals surface area contributed by atoms with Gasteiger partial charge in [0.05, 0.1) is 22.9 Å². The van der Waals surface area contributed by atoms with Crippen LogP contribution in [0.3, 0.4) is 0 Å². The average molecular weight is 489 g/mol. The Balaban J connectivity index is 1.31. The summed E-state index contributed by atoms with van der Waals surface area (Å²) in [7, 11) is 0. The van der Waals surface area contributed by atoms with Crippen molar-refractivity contribution in [2.45, 2.75) is 0 Å². The van der Waals surface area contributed by atoms with Crippen molar-refractivity contribution in [1.29, 1.82) is 0 Å². The van der Waals surface area contributed by atoms with Crippen LogP contribution in [0.5, 0.6) is 0 Å². The number of fused-ring (bicyclic) bond motifs is 6. The second kappa shape index (κ2) is 7.85. The number of hydrazone groups is 1. The molecule has 6 aromatic carbocycles. The predicted molar refractivity (Wildman–Crippen MR) is 158 cm³/mol. The molecule has 5 heteroatoms. The fourth-order valence-corrected chi connectivity index (χ4v) is 5.76. The fourth-order valence-electron chi connectivity index (χ4n) is 5.76. The molecule has 0 atom stereocenters. The van der Waals surface area contributed by atoms with Gasteiger partial charge in [0.2, 0.25) is 0 Å². The van der Waals surface area contributed by atoms with Crippen molar-refractivity contribution in [1.82, 2.24) is 9.38 Å². The van der Waals surface area contributed by atoms with Gasteiger partial charge >= 0.3 is 0 Å². The molecule has 5 nitrogen and oxygen atoms in total. The summed E-state index contributed by atoms with van der Waals surface area (Å²) in [4.78, 5) is 18.4. The molecule has 0 aliphatic rings. The van der Waals surface area contributed by atoms with Crippen molar-refractivity contribution in [3.63, 3.8) is 0 Å². The number of hydrogen-bond donors (Lipinski definition) is 1. The van der Waals surface area contributed by atoms with Crippen molar-refractivity contribution >= 4 is 71.7 Å². The van der Waals surface area contributed by atoms with Crippen LogP contribution >= 0.6 is 0 Å². The molecule has 2 heterocycles. The zero-order chi connectivity index (χ0) is 25.2. The number of rotatable bonds is 3. The Bertz CT molecular complexity index is 2240. The van der Waals surface area contributed by atoms with Crippen LogP contribution in [0.2, 0.25) is 0 Å². The molecular formula is C33H20N4O. The molecule has 0 spiro atoms. The molecule has 1 N–H and O–H groups in total. The van der Waals surface area contributed by atoms with Crippen LogP contribution in [-0.2, 0) is 0 Å². The molecule has 0 saturated heterocycles. The Morgan fingerprint density at radius 1 is 0.684 bits per heavy atom. The van der Waals surface area contributed by atoms with Crippen LogP contribution in [0.1, 0.15) is 5.56 Å². The third-order valence-electron chi connectivity index (χ3n) is 7.47. The summed E-state index contributed by atoms with van der Waals surface area (Å²) in [5, 5.41) is 12.8. The molecule has 2 aromatic heterocycles. The minimum atomic E-state index is -0.0605. The molecule has 8 aromatic rings. The summed E-state index contributed by atoms with van der Waals surface area (Å²) in [6.07, 6.45) is 1.89. The van der Waals surface area contributed by atoms with E-state index in [1.807, 2.05) is 60.8 Å². The topological polar surface area (TPSA) is 58.8 Å². The van der Waals surface area contributed by atoms with E-state index in [-0.39, 0.29) is 5.56 Å². The van der Waals surface area contributed by atoms with Gasteiger partial charge in [-0.05, 0) is 51.9 Å². The lowest BCUT2D eigenvalue weighted by molar-refractivity contribution is 1.19. The van der Waals surface area contributed by atoms with E-state index >= 15 is 0 Å². The zero-order valence-electron chi connectivity index (χ0n) is 20.2. The molecule has 0 radical (unpaired) electrons. The monoisotopic (exact) mass is 488 g/mol. The van der Waals surface area contributed by atoms with E-state index in [2.05, 4.69) is 65.1 Å². The summed E-state index contributed by atoms with van der Waals surface area (Å²) < 4.78 is 1.73. The Hall–Kier alpha value is -5.29. The molecule has 8 rings (SSSR count). The highest BCUT2D eigenvalue weighted by atomic mass is 16.1. The van der Waals surface area contributed by atoms with E-state index in [1.165, 1.54) is 10.8 Å². The van der Waals surface area contributed by atoms with E-state index in [0.29, 0.717) is 11.0 Å². The van der Waals surface area contributed by atoms with Gasteiger partial charge in [-0.3, -0.25) is 14.6 Å². The first-order chi connectivity index (χ1) is 18.8. The number of pyridine rings is 1. The van der Waals surface area contributed by atoms with E-state index in [0.717, 1.165) is 49.2 Å². The molecule has 0 unspecified atom stereocenters. The highest BCUT2D eigenvalue weighted by molar-refractivity contribution is 6.19. The van der Waals surface area contributed by atoms with E-state index < -0.39 is 0 Å². The van der Waals surface area contributed by atoms with Gasteiger partial charge in [-0.25, -0.2) is 4.98 Å². The first kappa shape index (κ1) is 20.9. The van der Waals surface area contributed by atoms with Gasteiger partial charge in [0.1, 0.15) is 5.65 Å². The Labute approximate surface area is 216 Å². The lowest BCUT2D eigenvalue weighted by Crippen LogP contribution is -2.13. The molecule has 0 amide bonds. The van der Waals surface area contributed by atoms with Gasteiger partial charge in [-0.2, -0.15) is 5.10 Å². The number of hydrogen-bond acceptors (Lipinski definition) is 4. The van der Waals surface area contributed by atoms with Gasteiger partial charge in [0.25, 0.3) is 5.56 Å². The van der Waals surface area contributed by atoms with E-state index in [4.69, 9.17) is 4.98 Å². The second-order valence-corrected chi connectivity index (χ2v) is 9.56. The third kappa shape index (κ3) is 2.90. The standard InChI is InChI=1S/C33H20N4O/c38-33-26-16-17-28(24-12-7-13-25(31(24)26)32-35-29-14-5-6-15-30(29)37(32)33)36-34-19-27-22-10-3-1-8-20(22)18-21-9-2-4-11-23(21)27/h1-19,36H/b34-19-. The minimum absolute atomic E-state index is 0.0605. The normalized spacial score (nSPS) is 12.2. The molecular weight excluding hydrogens is 468 g/mol. The highest BCUT2D eigenvalue weighted by Gasteiger charge is 2.17. The Kier molecular flexibility index (Phi) is 4.31. The van der Waals surface area contributed by atoms with Gasteiger partial charge in [-0.1, -0.05) is 78.9 Å². The lowest BCUT2D eigenvalue weighted by atomic mass is 9.97. The first-order valence-electron chi connectivity index (χ1n) is 12.6. The van der Waals surface area contributed by atoms with Crippen molar-refractivity contribution in [3.8, 4) is 0 Å². The number of para-hydroxylation sites is 2. The van der Waals surface area contributed by atoms with Crippen LogP contribution in [0.4, 0.5) is 5.69 Å². The smallest absolute Gasteiger partial charge is 0.264 e. The minimum Gasteiger partial charge on any atom is -0.278 e. The molecule has 0 aliphatic carbocycles. The summed E-state index contributed by atoms with van der Waals surface area (Å²) in [5.41, 5.74) is 7.42. The van der Waals surface area contributed by atoms with Gasteiger partial charge in [0.15, 0.2) is 0 Å². The van der Waals surface area contributed by atoms with Gasteiger partial charge in [-0.15, -0.1) is 0 Å². The zero-order valence-corrected chi connectivity index (χ0v) is 20.2. The van der Waals surface area contributed by atoms with Crippen molar-refractivity contribution in [3.05, 3.63) is 125 Å². The number of benzene rings is 6. The van der Waals surface area contributed by atoms with E-state index in [1.54, 1.807) is 4.40 Å². The Morgan fingerprint density at radius 2 is 1.37 bits per heavy atom. The van der Waals surface area contributed by atoms with Crippen molar-refractivity contribution in [2.75, 3.05) is 5.43 Å². The van der Waals surface area contributed by atoms with Crippen molar-refractivity contribution in [2.24, 2.45) is 5.10 Å². The molecule has 0 aliphatic heterocycles. The van der Waals surface area contributed by atoms with Crippen LogP contribution in [0, 0.1) is 0 Å². The lowest BCUT2D eigenvalue weighted by Gasteiger charge is -2.11. The molecule has 0 saturated carbocycles. The summed E-state index contributed by atoms with van der Waals surface area (Å²) in [6, 6.07) is 36.6. The fraction of sp³-hybridized carbons (Fsp3) is 0. The van der Waals surface area contributed by atoms with Crippen LogP contribution < -0.4 is 11.0 Å². The van der Waals surface area contributed by atoms with Gasteiger partial charge < -0.3 is 0 Å². The summed E-state index contributed by atoms with van der Waals surface area (Å²) in [5.74, 6) is 0. The van der Waals surface area contributed by atoms with Crippen molar-refractivity contribution < 1.29 is 0 Å². The number of nitrogens with one attached hydrogen (secondary N) is 1. The third-order valence-corrected chi connectivity index (χ3v) is 7.47. The largest absolute Gasteiger partial charge is 0.278 e. The van der Waals surface area contributed by atoms with Crippen LogP contribution in [0.15, 0.2) is 119 Å². The predicted octanol–water partition coefficient (Wildman–Crippen LogP) is 7.34. The van der Waals surface area contributed by atoms with Crippen LogP contribution in [0.25, 0.3) is 59.8 Å². The Morgan fingerprint density at radius 3 is 2.18 bits per heavy atom. The maximum absolute atomic E-state index is 13.6. The molecule has 0 bridgehead atoms. The van der Waals surface area contributed by atoms with Crippen LogP contribution in [-0.4, -0.2) is 15.6 Å². The molecule has 38 heavy (non-hydrogen) atoms. The summed E-state index contributed by atoms with van der Waals surface area (Å²) >= 11 is 0. The number of imidazole rings is 1. The SMILES string of the molecule is O=c1c2ccc(N/N=C\c3c4ccccc4cc4ccccc34)c3cccc(c32)c2nc3ccccc3n12. The maximum atomic E-state index is 13.6. The quantitative estimate of drug-likeness (QED) is 0.161. The number of nitrogens with zero attached hydrogens (tertiary/aromatic N) is 3. The second-order valence-electron chi connectivity index (χ2n) is 9.56. The number of aromatic nitrogens is 2. The number of anilines is 1. The molecule has 0 fully saturated rings.